The lowest BCUT2D eigenvalue weighted by atomic mass is 9.93. The predicted molar refractivity (Wildman–Crippen MR) is 110 cm³/mol. The van der Waals surface area contributed by atoms with Gasteiger partial charge in [-0.05, 0) is 60.9 Å². The normalized spacial score (nSPS) is 11.6. The van der Waals surface area contributed by atoms with E-state index in [0.717, 1.165) is 41.2 Å². The number of amides is 1. The Morgan fingerprint density at radius 1 is 0.926 bits per heavy atom. The number of aryl methyl sites for hydroxylation is 1. The molecule has 3 nitrogen and oxygen atoms in total. The highest BCUT2D eigenvalue weighted by Crippen LogP contribution is 2.26. The smallest absolute Gasteiger partial charge is 0.231 e. The van der Waals surface area contributed by atoms with Gasteiger partial charge in [-0.2, -0.15) is 0 Å². The highest BCUT2D eigenvalue weighted by molar-refractivity contribution is 5.95. The van der Waals surface area contributed by atoms with Crippen molar-refractivity contribution in [1.82, 2.24) is 0 Å². The van der Waals surface area contributed by atoms with E-state index >= 15 is 0 Å². The van der Waals surface area contributed by atoms with Gasteiger partial charge in [0, 0.05) is 5.69 Å². The first kappa shape index (κ1) is 18.7. The maximum Gasteiger partial charge on any atom is 0.231 e. The van der Waals surface area contributed by atoms with E-state index in [1.807, 2.05) is 85.8 Å². The summed E-state index contributed by atoms with van der Waals surface area (Å²) < 4.78 is 5.86. The molecule has 0 unspecified atom stereocenters. The summed E-state index contributed by atoms with van der Waals surface area (Å²) in [6.07, 6.45) is 1.78. The van der Waals surface area contributed by atoms with Gasteiger partial charge in [0.05, 0.1) is 5.92 Å². The zero-order valence-electron chi connectivity index (χ0n) is 15.8. The SMILES string of the molecule is CCC[C@@H](C(=O)Nc1ccc(Oc2cccc(C)c2)cc1)c1ccccc1. The average Bonchev–Trinajstić information content (AvgIpc) is 2.68. The fraction of sp³-hybridized carbons (Fsp3) is 0.208. The van der Waals surface area contributed by atoms with Crippen LogP contribution in [0.5, 0.6) is 11.5 Å². The van der Waals surface area contributed by atoms with E-state index < -0.39 is 0 Å². The number of hydrogen-bond donors (Lipinski definition) is 1. The van der Waals surface area contributed by atoms with Gasteiger partial charge in [-0.1, -0.05) is 55.8 Å². The van der Waals surface area contributed by atoms with Gasteiger partial charge < -0.3 is 10.1 Å². The Balaban J connectivity index is 1.67. The molecule has 27 heavy (non-hydrogen) atoms. The molecule has 0 aliphatic heterocycles. The van der Waals surface area contributed by atoms with Crippen molar-refractivity contribution in [2.24, 2.45) is 0 Å². The van der Waals surface area contributed by atoms with Crippen molar-refractivity contribution >= 4 is 11.6 Å². The van der Waals surface area contributed by atoms with Crippen LogP contribution in [0.2, 0.25) is 0 Å². The van der Waals surface area contributed by atoms with E-state index in [1.54, 1.807) is 0 Å². The third-order valence-electron chi connectivity index (χ3n) is 4.44. The molecule has 0 saturated heterocycles. The third kappa shape index (κ3) is 5.20. The topological polar surface area (TPSA) is 38.3 Å². The standard InChI is InChI=1S/C24H25NO2/c1-3-8-23(19-10-5-4-6-11-19)24(26)25-20-13-15-21(16-14-20)27-22-12-7-9-18(2)17-22/h4-7,9-17,23H,3,8H2,1-2H3,(H,25,26)/t23-/m1/s1. The molecular formula is C24H25NO2. The Labute approximate surface area is 161 Å². The monoisotopic (exact) mass is 359 g/mol. The van der Waals surface area contributed by atoms with Crippen LogP contribution in [0.3, 0.4) is 0 Å². The van der Waals surface area contributed by atoms with Crippen molar-refractivity contribution in [3.63, 3.8) is 0 Å². The first-order valence-corrected chi connectivity index (χ1v) is 9.36. The first-order chi connectivity index (χ1) is 13.2. The zero-order chi connectivity index (χ0) is 19.1. The summed E-state index contributed by atoms with van der Waals surface area (Å²) in [4.78, 5) is 12.8. The summed E-state index contributed by atoms with van der Waals surface area (Å²) in [6.45, 7) is 4.13. The first-order valence-electron chi connectivity index (χ1n) is 9.36. The molecule has 0 aliphatic carbocycles. The van der Waals surface area contributed by atoms with Crippen LogP contribution < -0.4 is 10.1 Å². The lowest BCUT2D eigenvalue weighted by Crippen LogP contribution is -2.21. The molecule has 3 aromatic rings. The van der Waals surface area contributed by atoms with Gasteiger partial charge in [0.15, 0.2) is 0 Å². The molecule has 0 aromatic heterocycles. The van der Waals surface area contributed by atoms with Crippen LogP contribution in [0.25, 0.3) is 0 Å². The Kier molecular flexibility index (Phi) is 6.26. The summed E-state index contributed by atoms with van der Waals surface area (Å²) in [5, 5.41) is 3.03. The van der Waals surface area contributed by atoms with E-state index in [1.165, 1.54) is 0 Å². The number of ether oxygens (including phenoxy) is 1. The molecule has 1 amide bonds. The molecule has 0 radical (unpaired) electrons. The number of hydrogen-bond acceptors (Lipinski definition) is 2. The van der Waals surface area contributed by atoms with Crippen molar-refractivity contribution in [3.8, 4) is 11.5 Å². The van der Waals surface area contributed by atoms with Crippen LogP contribution in [0.15, 0.2) is 78.9 Å². The summed E-state index contributed by atoms with van der Waals surface area (Å²) in [5.74, 6) is 1.43. The fourth-order valence-corrected chi connectivity index (χ4v) is 3.07. The number of carbonyl (C=O) groups excluding carboxylic acids is 1. The molecule has 1 N–H and O–H groups in total. The van der Waals surface area contributed by atoms with Crippen LogP contribution >= 0.6 is 0 Å². The molecule has 0 fully saturated rings. The van der Waals surface area contributed by atoms with Gasteiger partial charge in [-0.3, -0.25) is 4.79 Å². The van der Waals surface area contributed by atoms with Gasteiger partial charge in [-0.15, -0.1) is 0 Å². The zero-order valence-corrected chi connectivity index (χ0v) is 15.8. The minimum atomic E-state index is -0.139. The summed E-state index contributed by atoms with van der Waals surface area (Å²) >= 11 is 0. The molecule has 0 spiro atoms. The molecule has 0 saturated carbocycles. The van der Waals surface area contributed by atoms with Gasteiger partial charge >= 0.3 is 0 Å². The molecule has 0 aliphatic rings. The van der Waals surface area contributed by atoms with Gasteiger partial charge in [-0.25, -0.2) is 0 Å². The molecular weight excluding hydrogens is 334 g/mol. The quantitative estimate of drug-likeness (QED) is 0.537. The minimum absolute atomic E-state index is 0.0235. The van der Waals surface area contributed by atoms with E-state index in [4.69, 9.17) is 4.74 Å². The van der Waals surface area contributed by atoms with Crippen LogP contribution in [-0.2, 0) is 4.79 Å². The summed E-state index contributed by atoms with van der Waals surface area (Å²) in [6, 6.07) is 25.4. The van der Waals surface area contributed by atoms with Crippen LogP contribution in [0, 0.1) is 6.92 Å². The highest BCUT2D eigenvalue weighted by atomic mass is 16.5. The maximum absolute atomic E-state index is 12.8. The van der Waals surface area contributed by atoms with E-state index in [2.05, 4.69) is 12.2 Å². The lowest BCUT2D eigenvalue weighted by molar-refractivity contribution is -0.117. The van der Waals surface area contributed by atoms with Crippen molar-refractivity contribution in [2.75, 3.05) is 5.32 Å². The molecule has 0 bridgehead atoms. The van der Waals surface area contributed by atoms with Crippen LogP contribution in [0.1, 0.15) is 36.8 Å². The van der Waals surface area contributed by atoms with E-state index in [0.29, 0.717) is 0 Å². The van der Waals surface area contributed by atoms with Crippen LogP contribution in [-0.4, -0.2) is 5.91 Å². The minimum Gasteiger partial charge on any atom is -0.457 e. The molecule has 1 atom stereocenters. The lowest BCUT2D eigenvalue weighted by Gasteiger charge is -2.17. The molecule has 3 aromatic carbocycles. The van der Waals surface area contributed by atoms with Crippen molar-refractivity contribution in [2.45, 2.75) is 32.6 Å². The van der Waals surface area contributed by atoms with Gasteiger partial charge in [0.25, 0.3) is 0 Å². The Morgan fingerprint density at radius 2 is 1.67 bits per heavy atom. The highest BCUT2D eigenvalue weighted by Gasteiger charge is 2.19. The van der Waals surface area contributed by atoms with Gasteiger partial charge in [0.2, 0.25) is 5.91 Å². The number of benzene rings is 3. The second kappa shape index (κ2) is 9.04. The number of carbonyl (C=O) groups is 1. The predicted octanol–water partition coefficient (Wildman–Crippen LogP) is 6.31. The number of rotatable bonds is 7. The third-order valence-corrected chi connectivity index (χ3v) is 4.44. The average molecular weight is 359 g/mol. The van der Waals surface area contributed by atoms with E-state index in [-0.39, 0.29) is 11.8 Å². The fourth-order valence-electron chi connectivity index (χ4n) is 3.07. The number of nitrogens with one attached hydrogen (secondary N) is 1. The summed E-state index contributed by atoms with van der Waals surface area (Å²) in [5.41, 5.74) is 2.98. The second-order valence-electron chi connectivity index (χ2n) is 6.68. The number of anilines is 1. The largest absolute Gasteiger partial charge is 0.457 e. The van der Waals surface area contributed by atoms with E-state index in [9.17, 15) is 4.79 Å². The molecule has 3 heteroatoms. The Hall–Kier alpha value is -3.07. The maximum atomic E-state index is 12.8. The van der Waals surface area contributed by atoms with Crippen molar-refractivity contribution < 1.29 is 9.53 Å². The van der Waals surface area contributed by atoms with Gasteiger partial charge in [0.1, 0.15) is 11.5 Å². The van der Waals surface area contributed by atoms with Crippen LogP contribution in [0.4, 0.5) is 5.69 Å². The second-order valence-corrected chi connectivity index (χ2v) is 6.68. The Bertz CT molecular complexity index is 872. The van der Waals surface area contributed by atoms with Crippen molar-refractivity contribution in [1.29, 1.82) is 0 Å². The Morgan fingerprint density at radius 3 is 2.33 bits per heavy atom. The molecule has 0 heterocycles. The summed E-state index contributed by atoms with van der Waals surface area (Å²) in [7, 11) is 0. The molecule has 138 valence electrons. The molecule has 3 rings (SSSR count). The van der Waals surface area contributed by atoms with Crippen molar-refractivity contribution in [3.05, 3.63) is 90.0 Å².